The summed E-state index contributed by atoms with van der Waals surface area (Å²) in [4.78, 5) is 33.0. The second kappa shape index (κ2) is 10.1. The molecule has 3 aromatic heterocycles. The molecule has 2 saturated heterocycles. The number of piperazine rings is 1. The standard InChI is InChI=1S/C28H31N7O/c36-21-26(35-14-10-22-7-6-11-29-27(22)35)33-17-15-32(16-18-33)25-9-3-2-8-24(25)23-19-30-28(31-20-23)34-12-4-1-5-13-34/h2-3,6-11,14,19-21,26H,1,4-5,12-13,15-18H2. The number of carbonyl (C=O) groups excluding carboxylic acids is 1. The van der Waals surface area contributed by atoms with Crippen molar-refractivity contribution in [2.45, 2.75) is 25.4 Å². The summed E-state index contributed by atoms with van der Waals surface area (Å²) in [7, 11) is 0. The van der Waals surface area contributed by atoms with E-state index in [-0.39, 0.29) is 6.17 Å². The predicted molar refractivity (Wildman–Crippen MR) is 142 cm³/mol. The number of hydrogen-bond acceptors (Lipinski definition) is 7. The van der Waals surface area contributed by atoms with E-state index in [9.17, 15) is 4.79 Å². The van der Waals surface area contributed by atoms with Crippen LogP contribution in [0.4, 0.5) is 11.6 Å². The Kier molecular flexibility index (Phi) is 6.34. The van der Waals surface area contributed by atoms with Crippen molar-refractivity contribution in [2.24, 2.45) is 0 Å². The van der Waals surface area contributed by atoms with Gasteiger partial charge in [-0.1, -0.05) is 18.2 Å². The summed E-state index contributed by atoms with van der Waals surface area (Å²) in [5.74, 6) is 0.830. The van der Waals surface area contributed by atoms with Crippen LogP contribution < -0.4 is 9.80 Å². The van der Waals surface area contributed by atoms with Crippen LogP contribution in [-0.2, 0) is 4.79 Å². The molecule has 184 valence electrons. The first-order valence-corrected chi connectivity index (χ1v) is 12.8. The molecule has 2 aliphatic heterocycles. The number of piperidine rings is 1. The Morgan fingerprint density at radius 3 is 2.33 bits per heavy atom. The maximum atomic E-state index is 12.2. The topological polar surface area (TPSA) is 70.4 Å². The van der Waals surface area contributed by atoms with Gasteiger partial charge in [0.25, 0.3) is 0 Å². The Hall–Kier alpha value is -3.78. The molecule has 0 N–H and O–H groups in total. The van der Waals surface area contributed by atoms with Crippen molar-refractivity contribution < 1.29 is 4.79 Å². The maximum absolute atomic E-state index is 12.2. The minimum atomic E-state index is -0.356. The molecule has 0 spiro atoms. The molecular weight excluding hydrogens is 450 g/mol. The van der Waals surface area contributed by atoms with Crippen LogP contribution in [-0.4, -0.2) is 70.0 Å². The molecule has 8 heteroatoms. The Morgan fingerprint density at radius 1 is 0.778 bits per heavy atom. The van der Waals surface area contributed by atoms with E-state index in [0.717, 1.165) is 73.7 Å². The van der Waals surface area contributed by atoms with Crippen LogP contribution >= 0.6 is 0 Å². The Balaban J connectivity index is 1.18. The largest absolute Gasteiger partial charge is 0.368 e. The van der Waals surface area contributed by atoms with Crippen molar-refractivity contribution >= 4 is 29.0 Å². The molecule has 0 saturated carbocycles. The zero-order chi connectivity index (χ0) is 24.3. The molecule has 0 radical (unpaired) electrons. The summed E-state index contributed by atoms with van der Waals surface area (Å²) in [6.07, 6.45) is 12.0. The second-order valence-electron chi connectivity index (χ2n) is 9.55. The van der Waals surface area contributed by atoms with Crippen molar-refractivity contribution in [1.82, 2.24) is 24.4 Å². The quantitative estimate of drug-likeness (QED) is 0.386. The summed E-state index contributed by atoms with van der Waals surface area (Å²) in [6.45, 7) is 5.32. The molecule has 6 rings (SSSR count). The van der Waals surface area contributed by atoms with Gasteiger partial charge in [0.05, 0.1) is 0 Å². The van der Waals surface area contributed by atoms with Crippen molar-refractivity contribution in [3.63, 3.8) is 0 Å². The van der Waals surface area contributed by atoms with Gasteiger partial charge in [-0.25, -0.2) is 15.0 Å². The molecular formula is C28H31N7O. The highest BCUT2D eigenvalue weighted by Crippen LogP contribution is 2.32. The number of aromatic nitrogens is 4. The first-order chi connectivity index (χ1) is 17.8. The van der Waals surface area contributed by atoms with Crippen molar-refractivity contribution in [3.05, 3.63) is 67.3 Å². The third-order valence-electron chi connectivity index (χ3n) is 7.40. The minimum Gasteiger partial charge on any atom is -0.368 e. The Morgan fingerprint density at radius 2 is 1.56 bits per heavy atom. The van der Waals surface area contributed by atoms with E-state index in [1.165, 1.54) is 24.9 Å². The average Bonchev–Trinajstić information content (AvgIpc) is 3.38. The molecule has 0 amide bonds. The first kappa shape index (κ1) is 22.7. The monoisotopic (exact) mass is 481 g/mol. The summed E-state index contributed by atoms with van der Waals surface area (Å²) in [6, 6.07) is 14.4. The van der Waals surface area contributed by atoms with Gasteiger partial charge >= 0.3 is 0 Å². The highest BCUT2D eigenvalue weighted by Gasteiger charge is 2.27. The number of nitrogens with zero attached hydrogens (tertiary/aromatic N) is 7. The molecule has 2 aliphatic rings. The number of benzene rings is 1. The first-order valence-electron chi connectivity index (χ1n) is 12.8. The second-order valence-corrected chi connectivity index (χ2v) is 9.55. The lowest BCUT2D eigenvalue weighted by molar-refractivity contribution is -0.115. The summed E-state index contributed by atoms with van der Waals surface area (Å²) < 4.78 is 1.98. The van der Waals surface area contributed by atoms with Crippen LogP contribution in [0.15, 0.2) is 67.3 Å². The third kappa shape index (κ3) is 4.33. The van der Waals surface area contributed by atoms with Crippen LogP contribution in [0.3, 0.4) is 0 Å². The van der Waals surface area contributed by atoms with Gasteiger partial charge in [0, 0.05) is 86.3 Å². The fraction of sp³-hybridized carbons (Fsp3) is 0.357. The predicted octanol–water partition coefficient (Wildman–Crippen LogP) is 4.00. The Labute approximate surface area is 211 Å². The molecule has 0 bridgehead atoms. The van der Waals surface area contributed by atoms with E-state index in [2.05, 4.69) is 43.9 Å². The summed E-state index contributed by atoms with van der Waals surface area (Å²) in [5, 5.41) is 1.05. The summed E-state index contributed by atoms with van der Waals surface area (Å²) >= 11 is 0. The third-order valence-corrected chi connectivity index (χ3v) is 7.40. The van der Waals surface area contributed by atoms with E-state index in [0.29, 0.717) is 0 Å². The SMILES string of the molecule is O=CC(N1CCN(c2ccccc2-c2cnc(N3CCCCC3)nc2)CC1)n1ccc2cccnc21. The number of pyridine rings is 1. The molecule has 4 aromatic rings. The van der Waals surface area contributed by atoms with Gasteiger partial charge in [0.1, 0.15) is 11.8 Å². The number of fused-ring (bicyclic) bond motifs is 1. The lowest BCUT2D eigenvalue weighted by atomic mass is 10.1. The minimum absolute atomic E-state index is 0.356. The van der Waals surface area contributed by atoms with E-state index in [1.807, 2.05) is 41.4 Å². The molecule has 36 heavy (non-hydrogen) atoms. The molecule has 0 aliphatic carbocycles. The molecule has 2 fully saturated rings. The molecule has 1 atom stereocenters. The number of para-hydroxylation sites is 1. The lowest BCUT2D eigenvalue weighted by Gasteiger charge is -2.39. The number of hydrogen-bond donors (Lipinski definition) is 0. The summed E-state index contributed by atoms with van der Waals surface area (Å²) in [5.41, 5.74) is 4.20. The fourth-order valence-corrected chi connectivity index (χ4v) is 5.47. The van der Waals surface area contributed by atoms with Crippen LogP contribution in [0.25, 0.3) is 22.2 Å². The van der Waals surface area contributed by atoms with Crippen LogP contribution in [0.5, 0.6) is 0 Å². The number of rotatable bonds is 6. The van der Waals surface area contributed by atoms with E-state index in [4.69, 9.17) is 9.97 Å². The van der Waals surface area contributed by atoms with Crippen LogP contribution in [0.1, 0.15) is 25.4 Å². The molecule has 1 unspecified atom stereocenters. The lowest BCUT2D eigenvalue weighted by Crippen LogP contribution is -2.49. The van der Waals surface area contributed by atoms with Gasteiger partial charge in [-0.15, -0.1) is 0 Å². The van der Waals surface area contributed by atoms with Crippen molar-refractivity contribution in [3.8, 4) is 11.1 Å². The highest BCUT2D eigenvalue weighted by atomic mass is 16.1. The van der Waals surface area contributed by atoms with Crippen molar-refractivity contribution in [2.75, 3.05) is 49.1 Å². The Bertz CT molecular complexity index is 1320. The van der Waals surface area contributed by atoms with Gasteiger partial charge in [0.15, 0.2) is 6.29 Å². The fourth-order valence-electron chi connectivity index (χ4n) is 5.47. The van der Waals surface area contributed by atoms with E-state index >= 15 is 0 Å². The zero-order valence-corrected chi connectivity index (χ0v) is 20.4. The molecule has 1 aromatic carbocycles. The number of carbonyl (C=O) groups is 1. The maximum Gasteiger partial charge on any atom is 0.225 e. The van der Waals surface area contributed by atoms with Gasteiger partial charge in [-0.05, 0) is 43.5 Å². The van der Waals surface area contributed by atoms with Gasteiger partial charge in [-0.3, -0.25) is 9.69 Å². The van der Waals surface area contributed by atoms with Gasteiger partial charge < -0.3 is 14.4 Å². The van der Waals surface area contributed by atoms with Crippen LogP contribution in [0, 0.1) is 0 Å². The van der Waals surface area contributed by atoms with E-state index < -0.39 is 0 Å². The average molecular weight is 482 g/mol. The smallest absolute Gasteiger partial charge is 0.225 e. The zero-order valence-electron chi connectivity index (χ0n) is 20.4. The van der Waals surface area contributed by atoms with Gasteiger partial charge in [-0.2, -0.15) is 0 Å². The number of anilines is 2. The van der Waals surface area contributed by atoms with Crippen LogP contribution in [0.2, 0.25) is 0 Å². The molecule has 5 heterocycles. The number of aldehydes is 1. The molecule has 8 nitrogen and oxygen atoms in total. The van der Waals surface area contributed by atoms with Crippen molar-refractivity contribution in [1.29, 1.82) is 0 Å². The normalized spacial score (nSPS) is 17.9. The highest BCUT2D eigenvalue weighted by molar-refractivity contribution is 5.79. The van der Waals surface area contributed by atoms with E-state index in [1.54, 1.807) is 6.20 Å². The van der Waals surface area contributed by atoms with Gasteiger partial charge in [0.2, 0.25) is 5.95 Å².